The van der Waals surface area contributed by atoms with E-state index in [0.29, 0.717) is 5.92 Å². The van der Waals surface area contributed by atoms with Gasteiger partial charge in [0, 0.05) is 22.6 Å². The normalized spacial score (nSPS) is 19.0. The molecule has 0 fully saturated rings. The van der Waals surface area contributed by atoms with Crippen LogP contribution >= 0.6 is 0 Å². The number of benzene rings is 2. The van der Waals surface area contributed by atoms with Crippen molar-refractivity contribution in [2.75, 3.05) is 0 Å². The van der Waals surface area contributed by atoms with E-state index < -0.39 is 0 Å². The molecule has 2 aliphatic rings. The average molecular weight is 260 g/mol. The molecular formula is C18H12O2. The first kappa shape index (κ1) is 10.3. The molecule has 0 bridgehead atoms. The molecule has 2 heterocycles. The van der Waals surface area contributed by atoms with Crippen LogP contribution in [0.1, 0.15) is 22.8 Å². The molecule has 20 heavy (non-hydrogen) atoms. The molecule has 2 heteroatoms. The summed E-state index contributed by atoms with van der Waals surface area (Å²) < 4.78 is 11.9. The predicted octanol–water partition coefficient (Wildman–Crippen LogP) is 4.51. The molecule has 0 saturated heterocycles. The summed E-state index contributed by atoms with van der Waals surface area (Å²) in [5.74, 6) is 3.28. The molecule has 1 atom stereocenters. The van der Waals surface area contributed by atoms with E-state index in [1.807, 2.05) is 24.3 Å². The zero-order valence-electron chi connectivity index (χ0n) is 10.8. The topological polar surface area (TPSA) is 22.4 Å². The van der Waals surface area contributed by atoms with Crippen LogP contribution in [0.3, 0.4) is 0 Å². The van der Waals surface area contributed by atoms with E-state index in [-0.39, 0.29) is 0 Å². The Bertz CT molecular complexity index is 870. The summed E-state index contributed by atoms with van der Waals surface area (Å²) >= 11 is 0. The summed E-state index contributed by atoms with van der Waals surface area (Å²) in [6.07, 6.45) is 3.01. The second kappa shape index (κ2) is 3.54. The fourth-order valence-corrected chi connectivity index (χ4v) is 3.33. The minimum Gasteiger partial charge on any atom is -0.461 e. The lowest BCUT2D eigenvalue weighted by atomic mass is 9.86. The maximum atomic E-state index is 5.96. The maximum absolute atomic E-state index is 5.96. The zero-order chi connectivity index (χ0) is 13.1. The highest BCUT2D eigenvalue weighted by molar-refractivity contribution is 5.86. The molecule has 5 rings (SSSR count). The summed E-state index contributed by atoms with van der Waals surface area (Å²) in [4.78, 5) is 0. The van der Waals surface area contributed by atoms with E-state index in [1.54, 1.807) is 0 Å². The smallest absolute Gasteiger partial charge is 0.135 e. The highest BCUT2D eigenvalue weighted by Gasteiger charge is 2.34. The first-order valence-corrected chi connectivity index (χ1v) is 6.89. The van der Waals surface area contributed by atoms with Crippen LogP contribution < -0.4 is 4.74 Å². The third-order valence-electron chi connectivity index (χ3n) is 4.28. The Kier molecular flexibility index (Phi) is 1.83. The number of para-hydroxylation sites is 2. The molecule has 0 unspecified atom stereocenters. The Balaban J connectivity index is 1.73. The third kappa shape index (κ3) is 1.23. The number of ether oxygens (including phenoxy) is 1. The fourth-order valence-electron chi connectivity index (χ4n) is 3.33. The van der Waals surface area contributed by atoms with Crippen LogP contribution in [0.2, 0.25) is 0 Å². The fraction of sp³-hybridized carbons (Fsp3) is 0.111. The highest BCUT2D eigenvalue weighted by atomic mass is 16.5. The van der Waals surface area contributed by atoms with E-state index in [9.17, 15) is 0 Å². The van der Waals surface area contributed by atoms with Gasteiger partial charge in [-0.25, -0.2) is 0 Å². The quantitative estimate of drug-likeness (QED) is 0.593. The molecule has 2 aromatic carbocycles. The van der Waals surface area contributed by atoms with Crippen molar-refractivity contribution in [2.24, 2.45) is 0 Å². The average Bonchev–Trinajstić information content (AvgIpc) is 3.02. The Morgan fingerprint density at radius 1 is 0.950 bits per heavy atom. The number of allylic oxidation sites excluding steroid dienone is 1. The molecule has 0 saturated carbocycles. The first-order chi connectivity index (χ1) is 9.90. The molecule has 1 aliphatic heterocycles. The van der Waals surface area contributed by atoms with E-state index in [4.69, 9.17) is 9.15 Å². The molecule has 3 aromatic rings. The number of hydrogen-bond acceptors (Lipinski definition) is 2. The maximum Gasteiger partial charge on any atom is 0.135 e. The lowest BCUT2D eigenvalue weighted by Crippen LogP contribution is -2.07. The Hall–Kier alpha value is -2.48. The zero-order valence-corrected chi connectivity index (χ0v) is 10.8. The van der Waals surface area contributed by atoms with Crippen LogP contribution in [-0.4, -0.2) is 0 Å². The van der Waals surface area contributed by atoms with Crippen molar-refractivity contribution in [2.45, 2.75) is 12.3 Å². The molecule has 0 amide bonds. The van der Waals surface area contributed by atoms with Gasteiger partial charge in [-0.2, -0.15) is 0 Å². The van der Waals surface area contributed by atoms with E-state index in [0.717, 1.165) is 29.3 Å². The standard InChI is InChI=1S/C18H12O2/c1-3-7-15-11(5-1)13-9-14-12-6-2-4-8-16(12)20-18(14)10-17(13)19-15/h1-8,10,13H,9H2/t13-/m1/s1. The van der Waals surface area contributed by atoms with Gasteiger partial charge in [0.05, 0.1) is 5.92 Å². The van der Waals surface area contributed by atoms with Gasteiger partial charge in [0.25, 0.3) is 0 Å². The minimum atomic E-state index is 0.333. The van der Waals surface area contributed by atoms with Gasteiger partial charge in [-0.3, -0.25) is 0 Å². The van der Waals surface area contributed by atoms with Gasteiger partial charge in [-0.1, -0.05) is 36.4 Å². The van der Waals surface area contributed by atoms with Gasteiger partial charge in [0.2, 0.25) is 0 Å². The van der Waals surface area contributed by atoms with Crippen molar-refractivity contribution >= 4 is 17.0 Å². The Morgan fingerprint density at radius 3 is 2.80 bits per heavy atom. The van der Waals surface area contributed by atoms with Crippen LogP contribution in [0, 0.1) is 0 Å². The molecule has 2 nitrogen and oxygen atoms in total. The van der Waals surface area contributed by atoms with Gasteiger partial charge in [-0.15, -0.1) is 0 Å². The van der Waals surface area contributed by atoms with Crippen molar-refractivity contribution in [3.63, 3.8) is 0 Å². The monoisotopic (exact) mass is 260 g/mol. The molecular weight excluding hydrogens is 248 g/mol. The number of fused-ring (bicyclic) bond motifs is 6. The predicted molar refractivity (Wildman–Crippen MR) is 77.7 cm³/mol. The highest BCUT2D eigenvalue weighted by Crippen LogP contribution is 2.47. The van der Waals surface area contributed by atoms with Crippen LogP contribution in [0.15, 0.2) is 58.7 Å². The summed E-state index contributed by atoms with van der Waals surface area (Å²) in [5, 5.41) is 1.22. The first-order valence-electron chi connectivity index (χ1n) is 6.89. The third-order valence-corrected chi connectivity index (χ3v) is 4.28. The van der Waals surface area contributed by atoms with Crippen LogP contribution in [0.5, 0.6) is 5.75 Å². The largest absolute Gasteiger partial charge is 0.461 e. The van der Waals surface area contributed by atoms with Crippen LogP contribution in [0.25, 0.3) is 17.0 Å². The SMILES string of the molecule is C1=C2Oc3ccccc3[C@H]2Cc2c1oc1ccccc21. The van der Waals surface area contributed by atoms with Crippen molar-refractivity contribution in [3.05, 3.63) is 71.2 Å². The number of hydrogen-bond donors (Lipinski definition) is 0. The van der Waals surface area contributed by atoms with Crippen LogP contribution in [-0.2, 0) is 6.42 Å². The van der Waals surface area contributed by atoms with E-state index >= 15 is 0 Å². The van der Waals surface area contributed by atoms with Gasteiger partial charge in [-0.05, 0) is 18.6 Å². The van der Waals surface area contributed by atoms with Gasteiger partial charge < -0.3 is 9.15 Å². The number of rotatable bonds is 0. The van der Waals surface area contributed by atoms with Crippen molar-refractivity contribution in [1.82, 2.24) is 0 Å². The summed E-state index contributed by atoms with van der Waals surface area (Å²) in [5.41, 5.74) is 3.55. The van der Waals surface area contributed by atoms with Gasteiger partial charge in [0.1, 0.15) is 22.9 Å². The van der Waals surface area contributed by atoms with Crippen molar-refractivity contribution < 1.29 is 9.15 Å². The summed E-state index contributed by atoms with van der Waals surface area (Å²) in [6.45, 7) is 0. The van der Waals surface area contributed by atoms with Crippen molar-refractivity contribution in [1.29, 1.82) is 0 Å². The lowest BCUT2D eigenvalue weighted by Gasteiger charge is -2.15. The second-order valence-electron chi connectivity index (χ2n) is 5.38. The van der Waals surface area contributed by atoms with Crippen molar-refractivity contribution in [3.8, 4) is 5.75 Å². The van der Waals surface area contributed by atoms with E-state index in [2.05, 4.69) is 30.3 Å². The van der Waals surface area contributed by atoms with Gasteiger partial charge >= 0.3 is 0 Å². The molecule has 1 aromatic heterocycles. The Morgan fingerprint density at radius 2 is 1.80 bits per heavy atom. The molecule has 0 spiro atoms. The molecule has 1 aliphatic carbocycles. The molecule has 96 valence electrons. The molecule has 0 N–H and O–H groups in total. The Labute approximate surface area is 116 Å². The molecule has 0 radical (unpaired) electrons. The lowest BCUT2D eigenvalue weighted by molar-refractivity contribution is 0.425. The number of furan rings is 1. The van der Waals surface area contributed by atoms with Gasteiger partial charge in [0.15, 0.2) is 0 Å². The summed E-state index contributed by atoms with van der Waals surface area (Å²) in [7, 11) is 0. The second-order valence-corrected chi connectivity index (χ2v) is 5.38. The summed E-state index contributed by atoms with van der Waals surface area (Å²) in [6, 6.07) is 16.5. The van der Waals surface area contributed by atoms with E-state index in [1.165, 1.54) is 16.5 Å². The minimum absolute atomic E-state index is 0.333. The van der Waals surface area contributed by atoms with Crippen LogP contribution in [0.4, 0.5) is 0 Å².